The molecule has 3 rings (SSSR count). The number of hydrogen-bond acceptors (Lipinski definition) is 3. The fourth-order valence-corrected chi connectivity index (χ4v) is 2.25. The largest absolute Gasteiger partial charge is 0.322 e. The van der Waals surface area contributed by atoms with Crippen LogP contribution in [-0.2, 0) is 0 Å². The van der Waals surface area contributed by atoms with Crippen molar-refractivity contribution in [2.24, 2.45) is 0 Å². The highest BCUT2D eigenvalue weighted by atomic mass is 35.5. The summed E-state index contributed by atoms with van der Waals surface area (Å²) in [5.74, 6) is -0.176. The fourth-order valence-electron chi connectivity index (χ4n) is 2.02. The fraction of sp³-hybridized carbons (Fsp3) is 0. The summed E-state index contributed by atoms with van der Waals surface area (Å²) in [5, 5.41) is 3.39. The van der Waals surface area contributed by atoms with Crippen molar-refractivity contribution in [1.29, 1.82) is 0 Å². The molecule has 3 aromatic rings. The van der Waals surface area contributed by atoms with Gasteiger partial charge in [-0.15, -0.1) is 0 Å². The molecule has 0 aliphatic heterocycles. The van der Waals surface area contributed by atoms with Gasteiger partial charge in [0.2, 0.25) is 0 Å². The Kier molecular flexibility index (Phi) is 4.12. The van der Waals surface area contributed by atoms with Gasteiger partial charge in [-0.05, 0) is 36.4 Å². The summed E-state index contributed by atoms with van der Waals surface area (Å²) in [7, 11) is 0. The van der Waals surface area contributed by atoms with Crippen molar-refractivity contribution in [2.75, 3.05) is 5.32 Å². The Hall–Kier alpha value is -2.72. The summed E-state index contributed by atoms with van der Waals surface area (Å²) < 4.78 is 0. The number of nitrogens with one attached hydrogen (secondary N) is 1. The zero-order valence-corrected chi connectivity index (χ0v) is 12.3. The van der Waals surface area contributed by atoms with E-state index in [2.05, 4.69) is 15.3 Å². The molecule has 4 nitrogen and oxygen atoms in total. The molecule has 0 aliphatic rings. The van der Waals surface area contributed by atoms with Crippen LogP contribution < -0.4 is 5.32 Å². The third-order valence-electron chi connectivity index (χ3n) is 3.12. The average molecular weight is 310 g/mol. The third-order valence-corrected chi connectivity index (χ3v) is 3.42. The predicted molar refractivity (Wildman–Crippen MR) is 86.9 cm³/mol. The summed E-state index contributed by atoms with van der Waals surface area (Å²) in [4.78, 5) is 20.3. The molecule has 0 bridgehead atoms. The molecule has 5 heteroatoms. The summed E-state index contributed by atoms with van der Waals surface area (Å²) in [6, 6.07) is 14.2. The van der Waals surface area contributed by atoms with E-state index in [1.807, 2.05) is 12.1 Å². The molecule has 0 spiro atoms. The van der Waals surface area contributed by atoms with Crippen LogP contribution >= 0.6 is 11.6 Å². The maximum Gasteiger partial charge on any atom is 0.255 e. The van der Waals surface area contributed by atoms with Crippen molar-refractivity contribution in [3.63, 3.8) is 0 Å². The van der Waals surface area contributed by atoms with Gasteiger partial charge in [0.15, 0.2) is 0 Å². The molecule has 0 radical (unpaired) electrons. The molecule has 0 saturated carbocycles. The number of anilines is 1. The Morgan fingerprint density at radius 1 is 0.955 bits per heavy atom. The van der Waals surface area contributed by atoms with Gasteiger partial charge in [0.25, 0.3) is 5.91 Å². The second-order valence-electron chi connectivity index (χ2n) is 4.60. The molecule has 1 N–H and O–H groups in total. The van der Waals surface area contributed by atoms with Gasteiger partial charge in [0.1, 0.15) is 0 Å². The number of carbonyl (C=O) groups is 1. The minimum absolute atomic E-state index is 0.176. The van der Waals surface area contributed by atoms with E-state index >= 15 is 0 Å². The summed E-state index contributed by atoms with van der Waals surface area (Å²) >= 11 is 6.12. The van der Waals surface area contributed by atoms with E-state index in [0.29, 0.717) is 22.0 Å². The van der Waals surface area contributed by atoms with E-state index in [9.17, 15) is 4.79 Å². The minimum atomic E-state index is -0.176. The van der Waals surface area contributed by atoms with Crippen molar-refractivity contribution in [3.05, 3.63) is 77.7 Å². The van der Waals surface area contributed by atoms with Gasteiger partial charge in [0, 0.05) is 35.4 Å². The second-order valence-corrected chi connectivity index (χ2v) is 5.01. The number of pyridine rings is 2. The summed E-state index contributed by atoms with van der Waals surface area (Å²) in [6.45, 7) is 0. The number of halogens is 1. The third kappa shape index (κ3) is 3.13. The Labute approximate surface area is 132 Å². The Morgan fingerprint density at radius 3 is 2.36 bits per heavy atom. The quantitative estimate of drug-likeness (QED) is 0.794. The van der Waals surface area contributed by atoms with Gasteiger partial charge in [0.05, 0.1) is 10.7 Å². The minimum Gasteiger partial charge on any atom is -0.322 e. The molecule has 0 aliphatic carbocycles. The smallest absolute Gasteiger partial charge is 0.255 e. The molecule has 0 fully saturated rings. The molecule has 0 saturated heterocycles. The van der Waals surface area contributed by atoms with Crippen LogP contribution in [0.1, 0.15) is 10.4 Å². The maximum atomic E-state index is 12.2. The zero-order valence-electron chi connectivity index (χ0n) is 11.5. The van der Waals surface area contributed by atoms with Crippen LogP contribution in [0.3, 0.4) is 0 Å². The van der Waals surface area contributed by atoms with Crippen LogP contribution in [0.25, 0.3) is 11.3 Å². The number of hydrogen-bond donors (Lipinski definition) is 1. The SMILES string of the molecule is O=C(Nc1ccncc1)c1ccc(-c2ncccc2Cl)cc1. The number of carbonyl (C=O) groups excluding carboxylic acids is 1. The van der Waals surface area contributed by atoms with Crippen LogP contribution in [0, 0.1) is 0 Å². The Balaban J connectivity index is 1.80. The topological polar surface area (TPSA) is 54.9 Å². The lowest BCUT2D eigenvalue weighted by molar-refractivity contribution is 0.102. The normalized spacial score (nSPS) is 10.2. The van der Waals surface area contributed by atoms with Crippen LogP contribution in [0.15, 0.2) is 67.1 Å². The average Bonchev–Trinajstić information content (AvgIpc) is 2.56. The van der Waals surface area contributed by atoms with Gasteiger partial charge < -0.3 is 5.32 Å². The van der Waals surface area contributed by atoms with Crippen LogP contribution in [0.2, 0.25) is 5.02 Å². The van der Waals surface area contributed by atoms with Crippen molar-refractivity contribution in [2.45, 2.75) is 0 Å². The number of amides is 1. The Morgan fingerprint density at radius 2 is 1.68 bits per heavy atom. The molecule has 0 atom stereocenters. The first kappa shape index (κ1) is 14.2. The standard InChI is InChI=1S/C17H12ClN3O/c18-15-2-1-9-20-16(15)12-3-5-13(6-4-12)17(22)21-14-7-10-19-11-8-14/h1-11H,(H,19,21,22). The van der Waals surface area contributed by atoms with Gasteiger partial charge >= 0.3 is 0 Å². The van der Waals surface area contributed by atoms with Crippen molar-refractivity contribution < 1.29 is 4.79 Å². The Bertz CT molecular complexity index is 789. The molecular weight excluding hydrogens is 298 g/mol. The number of rotatable bonds is 3. The highest BCUT2D eigenvalue weighted by Gasteiger charge is 2.08. The van der Waals surface area contributed by atoms with E-state index in [4.69, 9.17) is 11.6 Å². The van der Waals surface area contributed by atoms with Crippen LogP contribution in [0.5, 0.6) is 0 Å². The van der Waals surface area contributed by atoms with Gasteiger partial charge in [-0.25, -0.2) is 0 Å². The maximum absolute atomic E-state index is 12.2. The van der Waals surface area contributed by atoms with Gasteiger partial charge in [-0.2, -0.15) is 0 Å². The molecule has 108 valence electrons. The zero-order chi connectivity index (χ0) is 15.4. The van der Waals surface area contributed by atoms with Crippen LogP contribution in [-0.4, -0.2) is 15.9 Å². The predicted octanol–water partition coefficient (Wildman–Crippen LogP) is 4.05. The lowest BCUT2D eigenvalue weighted by Crippen LogP contribution is -2.11. The lowest BCUT2D eigenvalue weighted by Gasteiger charge is -2.06. The second kappa shape index (κ2) is 6.37. The number of aromatic nitrogens is 2. The molecule has 2 aromatic heterocycles. The van der Waals surface area contributed by atoms with E-state index < -0.39 is 0 Å². The molecular formula is C17H12ClN3O. The van der Waals surface area contributed by atoms with Crippen molar-refractivity contribution in [3.8, 4) is 11.3 Å². The molecule has 22 heavy (non-hydrogen) atoms. The highest BCUT2D eigenvalue weighted by Crippen LogP contribution is 2.25. The van der Waals surface area contributed by atoms with E-state index in [-0.39, 0.29) is 5.91 Å². The van der Waals surface area contributed by atoms with E-state index in [0.717, 1.165) is 5.56 Å². The van der Waals surface area contributed by atoms with Crippen molar-refractivity contribution >= 4 is 23.2 Å². The van der Waals surface area contributed by atoms with Gasteiger partial charge in [-0.1, -0.05) is 23.7 Å². The highest BCUT2D eigenvalue weighted by molar-refractivity contribution is 6.33. The van der Waals surface area contributed by atoms with Crippen molar-refractivity contribution in [1.82, 2.24) is 9.97 Å². The first-order valence-corrected chi connectivity index (χ1v) is 7.04. The monoisotopic (exact) mass is 309 g/mol. The first-order valence-electron chi connectivity index (χ1n) is 6.66. The van der Waals surface area contributed by atoms with Crippen LogP contribution in [0.4, 0.5) is 5.69 Å². The van der Waals surface area contributed by atoms with Gasteiger partial charge in [-0.3, -0.25) is 14.8 Å². The molecule has 1 aromatic carbocycles. The summed E-state index contributed by atoms with van der Waals surface area (Å²) in [5.41, 5.74) is 2.83. The first-order chi connectivity index (χ1) is 10.7. The van der Waals surface area contributed by atoms with E-state index in [1.165, 1.54) is 0 Å². The molecule has 0 unspecified atom stereocenters. The number of nitrogens with zero attached hydrogens (tertiary/aromatic N) is 2. The van der Waals surface area contributed by atoms with E-state index in [1.54, 1.807) is 55.0 Å². The number of benzene rings is 1. The molecule has 2 heterocycles. The lowest BCUT2D eigenvalue weighted by atomic mass is 10.1. The summed E-state index contributed by atoms with van der Waals surface area (Å²) in [6.07, 6.45) is 4.94. The molecule has 1 amide bonds.